The molecule has 0 radical (unpaired) electrons. The minimum atomic E-state index is -0.884. The predicted octanol–water partition coefficient (Wildman–Crippen LogP) is 3.32. The first kappa shape index (κ1) is 16.8. The molecule has 0 saturated heterocycles. The van der Waals surface area contributed by atoms with Gasteiger partial charge in [0.05, 0.1) is 14.2 Å². The van der Waals surface area contributed by atoms with Crippen LogP contribution in [0.5, 0.6) is 11.5 Å². The SMILES string of the molecule is COc1ccc(C(C)NCC(C)(O)c2ccsc2)cc1OC. The number of nitrogens with one attached hydrogen (secondary N) is 1. The molecule has 1 heterocycles. The number of aliphatic hydroxyl groups is 1. The lowest BCUT2D eigenvalue weighted by molar-refractivity contribution is 0.0548. The summed E-state index contributed by atoms with van der Waals surface area (Å²) in [6, 6.07) is 7.88. The van der Waals surface area contributed by atoms with E-state index in [4.69, 9.17) is 9.47 Å². The smallest absolute Gasteiger partial charge is 0.161 e. The van der Waals surface area contributed by atoms with E-state index in [1.807, 2.05) is 41.9 Å². The average Bonchev–Trinajstić information content (AvgIpc) is 3.07. The molecule has 0 aliphatic rings. The maximum atomic E-state index is 10.6. The van der Waals surface area contributed by atoms with E-state index in [0.717, 1.165) is 11.1 Å². The first-order valence-electron chi connectivity index (χ1n) is 7.18. The lowest BCUT2D eigenvalue weighted by Gasteiger charge is -2.26. The molecule has 0 saturated carbocycles. The van der Waals surface area contributed by atoms with Gasteiger partial charge in [-0.15, -0.1) is 0 Å². The minimum Gasteiger partial charge on any atom is -0.493 e. The van der Waals surface area contributed by atoms with E-state index in [-0.39, 0.29) is 6.04 Å². The molecule has 2 rings (SSSR count). The fourth-order valence-corrected chi connectivity index (χ4v) is 3.05. The maximum absolute atomic E-state index is 10.6. The molecule has 0 amide bonds. The van der Waals surface area contributed by atoms with Crippen molar-refractivity contribution in [3.8, 4) is 11.5 Å². The molecular weight excluding hydrogens is 298 g/mol. The lowest BCUT2D eigenvalue weighted by atomic mass is 9.98. The van der Waals surface area contributed by atoms with Gasteiger partial charge >= 0.3 is 0 Å². The molecule has 0 spiro atoms. The van der Waals surface area contributed by atoms with Crippen molar-refractivity contribution in [3.63, 3.8) is 0 Å². The van der Waals surface area contributed by atoms with E-state index in [2.05, 4.69) is 12.2 Å². The second kappa shape index (κ2) is 7.13. The van der Waals surface area contributed by atoms with Crippen LogP contribution in [0, 0.1) is 0 Å². The molecule has 2 N–H and O–H groups in total. The van der Waals surface area contributed by atoms with Crippen LogP contribution in [0.15, 0.2) is 35.0 Å². The Morgan fingerprint density at radius 3 is 2.55 bits per heavy atom. The topological polar surface area (TPSA) is 50.7 Å². The average molecular weight is 321 g/mol. The second-order valence-corrected chi connectivity index (χ2v) is 6.28. The predicted molar refractivity (Wildman–Crippen MR) is 89.9 cm³/mol. The van der Waals surface area contributed by atoms with Crippen molar-refractivity contribution in [3.05, 3.63) is 46.2 Å². The molecule has 2 unspecified atom stereocenters. The highest BCUT2D eigenvalue weighted by Gasteiger charge is 2.24. The van der Waals surface area contributed by atoms with Crippen LogP contribution in [-0.4, -0.2) is 25.9 Å². The Bertz CT molecular complexity index is 596. The van der Waals surface area contributed by atoms with E-state index >= 15 is 0 Å². The second-order valence-electron chi connectivity index (χ2n) is 5.50. The molecular formula is C17H23NO3S. The molecule has 1 aromatic carbocycles. The van der Waals surface area contributed by atoms with Crippen LogP contribution in [-0.2, 0) is 5.60 Å². The number of hydrogen-bond acceptors (Lipinski definition) is 5. The van der Waals surface area contributed by atoms with Gasteiger partial charge in [0.15, 0.2) is 11.5 Å². The van der Waals surface area contributed by atoms with Crippen molar-refractivity contribution in [2.45, 2.75) is 25.5 Å². The third kappa shape index (κ3) is 3.80. The molecule has 0 aliphatic carbocycles. The van der Waals surface area contributed by atoms with Gasteiger partial charge in [-0.2, -0.15) is 11.3 Å². The van der Waals surface area contributed by atoms with Crippen molar-refractivity contribution in [1.82, 2.24) is 5.32 Å². The maximum Gasteiger partial charge on any atom is 0.161 e. The van der Waals surface area contributed by atoms with Gasteiger partial charge in [0.2, 0.25) is 0 Å². The standard InChI is InChI=1S/C17H23NO3S/c1-12(13-5-6-15(20-3)16(9-13)21-4)18-11-17(2,19)14-7-8-22-10-14/h5-10,12,18-19H,11H2,1-4H3. The highest BCUT2D eigenvalue weighted by atomic mass is 32.1. The van der Waals surface area contributed by atoms with Gasteiger partial charge < -0.3 is 19.9 Å². The molecule has 0 bridgehead atoms. The summed E-state index contributed by atoms with van der Waals surface area (Å²) in [5.41, 5.74) is 1.13. The Balaban J connectivity index is 2.05. The fraction of sp³-hybridized carbons (Fsp3) is 0.412. The molecule has 0 aliphatic heterocycles. The van der Waals surface area contributed by atoms with E-state index in [1.54, 1.807) is 25.6 Å². The minimum absolute atomic E-state index is 0.0879. The number of ether oxygens (including phenoxy) is 2. The van der Waals surface area contributed by atoms with Crippen molar-refractivity contribution in [1.29, 1.82) is 0 Å². The van der Waals surface area contributed by atoms with Crippen LogP contribution in [0.4, 0.5) is 0 Å². The van der Waals surface area contributed by atoms with Crippen LogP contribution < -0.4 is 14.8 Å². The molecule has 4 nitrogen and oxygen atoms in total. The number of benzene rings is 1. The van der Waals surface area contributed by atoms with Gasteiger partial charge in [0.25, 0.3) is 0 Å². The summed E-state index contributed by atoms with van der Waals surface area (Å²) >= 11 is 1.59. The number of rotatable bonds is 7. The lowest BCUT2D eigenvalue weighted by Crippen LogP contribution is -2.36. The molecule has 120 valence electrons. The van der Waals surface area contributed by atoms with Gasteiger partial charge in [0, 0.05) is 12.6 Å². The van der Waals surface area contributed by atoms with Crippen LogP contribution in [0.2, 0.25) is 0 Å². The molecule has 5 heteroatoms. The third-order valence-corrected chi connectivity index (χ3v) is 4.49. The molecule has 2 aromatic rings. The molecule has 22 heavy (non-hydrogen) atoms. The zero-order valence-corrected chi connectivity index (χ0v) is 14.2. The molecule has 2 atom stereocenters. The normalized spacial score (nSPS) is 15.1. The van der Waals surface area contributed by atoms with Gasteiger partial charge in [-0.25, -0.2) is 0 Å². The van der Waals surface area contributed by atoms with Crippen molar-refractivity contribution < 1.29 is 14.6 Å². The first-order chi connectivity index (χ1) is 10.5. The summed E-state index contributed by atoms with van der Waals surface area (Å²) < 4.78 is 10.6. The van der Waals surface area contributed by atoms with Gasteiger partial charge in [-0.05, 0) is 53.9 Å². The number of methoxy groups -OCH3 is 2. The Morgan fingerprint density at radius 1 is 1.23 bits per heavy atom. The quantitative estimate of drug-likeness (QED) is 0.821. The van der Waals surface area contributed by atoms with E-state index in [9.17, 15) is 5.11 Å². The summed E-state index contributed by atoms with van der Waals surface area (Å²) in [6.07, 6.45) is 0. The van der Waals surface area contributed by atoms with Crippen molar-refractivity contribution in [2.75, 3.05) is 20.8 Å². The van der Waals surface area contributed by atoms with Gasteiger partial charge in [0.1, 0.15) is 5.60 Å². The Morgan fingerprint density at radius 2 is 1.95 bits per heavy atom. The van der Waals surface area contributed by atoms with E-state index < -0.39 is 5.60 Å². The van der Waals surface area contributed by atoms with E-state index in [0.29, 0.717) is 18.0 Å². The summed E-state index contributed by atoms with van der Waals surface area (Å²) in [4.78, 5) is 0. The summed E-state index contributed by atoms with van der Waals surface area (Å²) in [5.74, 6) is 1.42. The zero-order chi connectivity index (χ0) is 16.2. The number of thiophene rings is 1. The van der Waals surface area contributed by atoms with E-state index in [1.165, 1.54) is 0 Å². The monoisotopic (exact) mass is 321 g/mol. The summed E-state index contributed by atoms with van der Waals surface area (Å²) in [5, 5.41) is 17.9. The molecule has 1 aromatic heterocycles. The van der Waals surface area contributed by atoms with Crippen LogP contribution in [0.25, 0.3) is 0 Å². The van der Waals surface area contributed by atoms with Crippen molar-refractivity contribution in [2.24, 2.45) is 0 Å². The van der Waals surface area contributed by atoms with Crippen LogP contribution in [0.3, 0.4) is 0 Å². The first-order valence-corrected chi connectivity index (χ1v) is 8.12. The zero-order valence-electron chi connectivity index (χ0n) is 13.4. The summed E-state index contributed by atoms with van der Waals surface area (Å²) in [7, 11) is 3.25. The summed E-state index contributed by atoms with van der Waals surface area (Å²) in [6.45, 7) is 4.35. The Hall–Kier alpha value is -1.56. The Labute approximate surface area is 135 Å². The third-order valence-electron chi connectivity index (χ3n) is 3.80. The van der Waals surface area contributed by atoms with Gasteiger partial charge in [-0.1, -0.05) is 6.07 Å². The largest absolute Gasteiger partial charge is 0.493 e. The number of hydrogen-bond donors (Lipinski definition) is 2. The Kier molecular flexibility index (Phi) is 5.45. The van der Waals surface area contributed by atoms with Crippen LogP contribution in [0.1, 0.15) is 31.0 Å². The highest BCUT2D eigenvalue weighted by molar-refractivity contribution is 7.08. The van der Waals surface area contributed by atoms with Crippen molar-refractivity contribution >= 4 is 11.3 Å². The van der Waals surface area contributed by atoms with Crippen LogP contribution >= 0.6 is 11.3 Å². The fourth-order valence-electron chi connectivity index (χ4n) is 2.26. The highest BCUT2D eigenvalue weighted by Crippen LogP contribution is 2.30. The molecule has 0 fully saturated rings. The van der Waals surface area contributed by atoms with Gasteiger partial charge in [-0.3, -0.25) is 0 Å².